The molecule has 2 amide bonds. The molecule has 0 saturated heterocycles. The molecule has 0 aromatic heterocycles. The van der Waals surface area contributed by atoms with Crippen molar-refractivity contribution in [1.82, 2.24) is 10.2 Å². The number of thioether (sulfide) groups is 1. The molecule has 4 nitrogen and oxygen atoms in total. The van der Waals surface area contributed by atoms with E-state index in [0.29, 0.717) is 32.3 Å². The zero-order valence-electron chi connectivity index (χ0n) is 21.4. The molecule has 0 spiro atoms. The molecule has 0 aliphatic carbocycles. The van der Waals surface area contributed by atoms with Crippen LogP contribution in [0.1, 0.15) is 37.5 Å². The first-order valence-corrected chi connectivity index (χ1v) is 14.7. The first-order chi connectivity index (χ1) is 17.9. The highest BCUT2D eigenvalue weighted by Crippen LogP contribution is 2.27. The van der Waals surface area contributed by atoms with Gasteiger partial charge in [0.1, 0.15) is 6.04 Å². The number of carbonyl (C=O) groups is 2. The van der Waals surface area contributed by atoms with Crippen molar-refractivity contribution in [2.24, 2.45) is 0 Å². The van der Waals surface area contributed by atoms with Crippen molar-refractivity contribution in [2.75, 3.05) is 5.75 Å². The van der Waals surface area contributed by atoms with Gasteiger partial charge in [0.2, 0.25) is 11.8 Å². The van der Waals surface area contributed by atoms with Gasteiger partial charge in [-0.3, -0.25) is 9.59 Å². The summed E-state index contributed by atoms with van der Waals surface area (Å²) in [6.07, 6.45) is 0.365. The Balaban J connectivity index is 1.90. The summed E-state index contributed by atoms with van der Waals surface area (Å²) in [5.41, 5.74) is 2.15. The van der Waals surface area contributed by atoms with E-state index in [1.54, 1.807) is 29.2 Å². The molecular weight excluding hydrogens is 582 g/mol. The van der Waals surface area contributed by atoms with E-state index in [9.17, 15) is 9.59 Å². The van der Waals surface area contributed by atoms with E-state index in [1.165, 1.54) is 11.8 Å². The van der Waals surface area contributed by atoms with Crippen LogP contribution in [-0.4, -0.2) is 34.0 Å². The highest BCUT2D eigenvalue weighted by Gasteiger charge is 2.32. The Morgan fingerprint density at radius 2 is 1.58 bits per heavy atom. The predicted molar refractivity (Wildman–Crippen MR) is 161 cm³/mol. The number of benzene rings is 3. The van der Waals surface area contributed by atoms with Crippen molar-refractivity contribution in [3.05, 3.63) is 104 Å². The second kappa shape index (κ2) is 14.0. The Labute approximate surface area is 249 Å². The lowest BCUT2D eigenvalue weighted by molar-refractivity contribution is -0.140. The number of halogens is 4. The fourth-order valence-electron chi connectivity index (χ4n) is 3.81. The molecule has 1 atom stereocenters. The summed E-state index contributed by atoms with van der Waals surface area (Å²) in [6.45, 7) is 5.96. The van der Waals surface area contributed by atoms with Gasteiger partial charge >= 0.3 is 0 Å². The minimum Gasteiger partial charge on any atom is -0.350 e. The Hall–Kier alpha value is -1.89. The van der Waals surface area contributed by atoms with Gasteiger partial charge in [-0.15, -0.1) is 11.8 Å². The smallest absolute Gasteiger partial charge is 0.243 e. The summed E-state index contributed by atoms with van der Waals surface area (Å²) in [4.78, 5) is 29.0. The third kappa shape index (κ3) is 9.39. The summed E-state index contributed by atoms with van der Waals surface area (Å²) < 4.78 is 0. The lowest BCUT2D eigenvalue weighted by Crippen LogP contribution is -2.54. The van der Waals surface area contributed by atoms with Crippen molar-refractivity contribution in [1.29, 1.82) is 0 Å². The van der Waals surface area contributed by atoms with Crippen LogP contribution in [-0.2, 0) is 28.3 Å². The third-order valence-electron chi connectivity index (χ3n) is 5.60. The molecule has 0 radical (unpaired) electrons. The van der Waals surface area contributed by atoms with Crippen LogP contribution in [0.4, 0.5) is 0 Å². The Morgan fingerprint density at radius 1 is 0.868 bits per heavy atom. The first-order valence-electron chi connectivity index (χ1n) is 12.0. The van der Waals surface area contributed by atoms with E-state index in [4.69, 9.17) is 46.4 Å². The van der Waals surface area contributed by atoms with Crippen LogP contribution < -0.4 is 5.32 Å². The van der Waals surface area contributed by atoms with Crippen LogP contribution in [0.25, 0.3) is 0 Å². The second-order valence-electron chi connectivity index (χ2n) is 9.94. The fourth-order valence-corrected chi connectivity index (χ4v) is 5.60. The second-order valence-corrected chi connectivity index (χ2v) is 12.6. The lowest BCUT2D eigenvalue weighted by atomic mass is 10.0. The summed E-state index contributed by atoms with van der Waals surface area (Å²) in [5, 5.41) is 4.98. The van der Waals surface area contributed by atoms with Crippen molar-refractivity contribution in [3.63, 3.8) is 0 Å². The molecule has 0 aliphatic heterocycles. The molecule has 3 aromatic carbocycles. The topological polar surface area (TPSA) is 49.4 Å². The Bertz CT molecular complexity index is 1270. The maximum Gasteiger partial charge on any atom is 0.243 e. The van der Waals surface area contributed by atoms with E-state index in [0.717, 1.165) is 16.7 Å². The summed E-state index contributed by atoms with van der Waals surface area (Å²) in [5.74, 6) is 0.297. The number of amides is 2. The number of rotatable bonds is 10. The average molecular weight is 612 g/mol. The van der Waals surface area contributed by atoms with Gasteiger partial charge in [0.15, 0.2) is 0 Å². The number of nitrogens with zero attached hydrogens (tertiary/aromatic N) is 1. The van der Waals surface area contributed by atoms with Gasteiger partial charge in [0.05, 0.1) is 15.8 Å². The molecule has 202 valence electrons. The monoisotopic (exact) mass is 610 g/mol. The third-order valence-corrected chi connectivity index (χ3v) is 7.90. The van der Waals surface area contributed by atoms with Crippen LogP contribution >= 0.6 is 58.2 Å². The van der Waals surface area contributed by atoms with Crippen molar-refractivity contribution >= 4 is 70.0 Å². The minimum absolute atomic E-state index is 0.161. The molecule has 38 heavy (non-hydrogen) atoms. The van der Waals surface area contributed by atoms with Gasteiger partial charge in [0, 0.05) is 34.3 Å². The van der Waals surface area contributed by atoms with E-state index in [2.05, 4.69) is 5.32 Å². The fraction of sp³-hybridized carbons (Fsp3) is 0.310. The van der Waals surface area contributed by atoms with Gasteiger partial charge in [-0.2, -0.15) is 0 Å². The standard InChI is InChI=1S/C29H30Cl4N2O2S/c1-29(2,3)34-28(37)26(14-19-7-5-4-6-8-19)35(16-20-9-12-23(31)25(33)13-20)27(36)18-38-17-21-10-11-22(30)15-24(21)32/h4-13,15,26H,14,16-18H2,1-3H3,(H,34,37)/t26-/m0/s1. The van der Waals surface area contributed by atoms with Crippen LogP contribution in [0, 0.1) is 0 Å². The normalized spacial score (nSPS) is 12.2. The average Bonchev–Trinajstić information content (AvgIpc) is 2.84. The number of nitrogens with one attached hydrogen (secondary N) is 1. The lowest BCUT2D eigenvalue weighted by Gasteiger charge is -2.34. The minimum atomic E-state index is -0.738. The summed E-state index contributed by atoms with van der Waals surface area (Å²) in [7, 11) is 0. The van der Waals surface area contributed by atoms with E-state index in [-0.39, 0.29) is 24.1 Å². The summed E-state index contributed by atoms with van der Waals surface area (Å²) in [6, 6.07) is 19.5. The number of hydrogen-bond acceptors (Lipinski definition) is 3. The van der Waals surface area contributed by atoms with Crippen LogP contribution in [0.2, 0.25) is 20.1 Å². The van der Waals surface area contributed by atoms with Crippen molar-refractivity contribution < 1.29 is 9.59 Å². The summed E-state index contributed by atoms with van der Waals surface area (Å²) >= 11 is 26.2. The van der Waals surface area contributed by atoms with Crippen molar-refractivity contribution in [3.8, 4) is 0 Å². The Kier molecular flexibility index (Phi) is 11.3. The van der Waals surface area contributed by atoms with Crippen LogP contribution in [0.5, 0.6) is 0 Å². The predicted octanol–water partition coefficient (Wildman–Crippen LogP) is 8.09. The van der Waals surface area contributed by atoms with E-state index >= 15 is 0 Å². The largest absolute Gasteiger partial charge is 0.350 e. The molecule has 0 bridgehead atoms. The first kappa shape index (κ1) is 30.6. The molecule has 0 unspecified atom stereocenters. The molecular formula is C29H30Cl4N2O2S. The zero-order chi connectivity index (χ0) is 27.9. The molecule has 0 aliphatic rings. The van der Waals surface area contributed by atoms with Gasteiger partial charge in [-0.25, -0.2) is 0 Å². The van der Waals surface area contributed by atoms with E-state index < -0.39 is 11.6 Å². The molecule has 0 saturated carbocycles. The molecule has 3 rings (SSSR count). The van der Waals surface area contributed by atoms with Crippen LogP contribution in [0.3, 0.4) is 0 Å². The maximum absolute atomic E-state index is 13.7. The number of hydrogen-bond donors (Lipinski definition) is 1. The molecule has 3 aromatic rings. The van der Waals surface area contributed by atoms with Gasteiger partial charge in [-0.05, 0) is 61.7 Å². The van der Waals surface area contributed by atoms with Crippen LogP contribution in [0.15, 0.2) is 66.7 Å². The molecule has 1 N–H and O–H groups in total. The quantitative estimate of drug-likeness (QED) is 0.252. The van der Waals surface area contributed by atoms with E-state index in [1.807, 2.05) is 63.2 Å². The molecule has 9 heteroatoms. The molecule has 0 fully saturated rings. The maximum atomic E-state index is 13.7. The SMILES string of the molecule is CC(C)(C)NC(=O)[C@H](Cc1ccccc1)N(Cc1ccc(Cl)c(Cl)c1)C(=O)CSCc1ccc(Cl)cc1Cl. The Morgan fingerprint density at radius 3 is 2.21 bits per heavy atom. The van der Waals surface area contributed by atoms with Gasteiger partial charge in [-0.1, -0.05) is 88.9 Å². The zero-order valence-corrected chi connectivity index (χ0v) is 25.3. The van der Waals surface area contributed by atoms with Gasteiger partial charge in [0.25, 0.3) is 0 Å². The highest BCUT2D eigenvalue weighted by molar-refractivity contribution is 7.99. The highest BCUT2D eigenvalue weighted by atomic mass is 35.5. The number of carbonyl (C=O) groups excluding carboxylic acids is 2. The molecule has 0 heterocycles. The van der Waals surface area contributed by atoms with Crippen molar-refractivity contribution in [2.45, 2.75) is 51.1 Å². The van der Waals surface area contributed by atoms with Gasteiger partial charge < -0.3 is 10.2 Å².